The molecule has 0 saturated heterocycles. The van der Waals surface area contributed by atoms with Gasteiger partial charge in [-0.2, -0.15) is 0 Å². The largest absolute Gasteiger partial charge is 0.357 e. The van der Waals surface area contributed by atoms with E-state index in [0.717, 1.165) is 50.7 Å². The minimum absolute atomic E-state index is 0. The zero-order valence-electron chi connectivity index (χ0n) is 14.4. The highest BCUT2D eigenvalue weighted by molar-refractivity contribution is 14.0. The van der Waals surface area contributed by atoms with Gasteiger partial charge in [0.15, 0.2) is 5.96 Å². The van der Waals surface area contributed by atoms with E-state index in [1.54, 1.807) is 12.1 Å². The maximum atomic E-state index is 12.9. The molecule has 0 heterocycles. The average Bonchev–Trinajstić information content (AvgIpc) is 2.54. The van der Waals surface area contributed by atoms with Crippen molar-refractivity contribution in [1.82, 2.24) is 15.5 Å². The molecule has 0 atom stereocenters. The van der Waals surface area contributed by atoms with Crippen LogP contribution in [0.5, 0.6) is 0 Å². The molecule has 0 spiro atoms. The van der Waals surface area contributed by atoms with E-state index in [0.29, 0.717) is 6.54 Å². The molecule has 2 N–H and O–H groups in total. The normalized spacial score (nSPS) is 11.3. The van der Waals surface area contributed by atoms with Crippen molar-refractivity contribution in [3.63, 3.8) is 0 Å². The van der Waals surface area contributed by atoms with Crippen LogP contribution in [0.4, 0.5) is 4.39 Å². The van der Waals surface area contributed by atoms with Gasteiger partial charge in [0, 0.05) is 13.1 Å². The molecule has 0 bridgehead atoms. The van der Waals surface area contributed by atoms with Gasteiger partial charge in [-0.1, -0.05) is 26.0 Å². The Balaban J connectivity index is 0.00000484. The van der Waals surface area contributed by atoms with E-state index in [4.69, 9.17) is 0 Å². The van der Waals surface area contributed by atoms with E-state index in [1.165, 1.54) is 12.1 Å². The third-order valence-electron chi connectivity index (χ3n) is 3.52. The summed E-state index contributed by atoms with van der Waals surface area (Å²) in [6, 6.07) is 6.47. The van der Waals surface area contributed by atoms with Gasteiger partial charge >= 0.3 is 0 Å². The van der Waals surface area contributed by atoms with E-state index < -0.39 is 0 Å². The Morgan fingerprint density at radius 2 is 1.74 bits per heavy atom. The van der Waals surface area contributed by atoms with Gasteiger partial charge in [0.05, 0.1) is 6.54 Å². The summed E-state index contributed by atoms with van der Waals surface area (Å²) in [5.74, 6) is 0.598. The van der Waals surface area contributed by atoms with Gasteiger partial charge in [-0.05, 0) is 50.7 Å². The van der Waals surface area contributed by atoms with E-state index >= 15 is 0 Å². The summed E-state index contributed by atoms with van der Waals surface area (Å²) in [5.41, 5.74) is 1.00. The van der Waals surface area contributed by atoms with Crippen LogP contribution >= 0.6 is 24.0 Å². The highest BCUT2D eigenvalue weighted by atomic mass is 127. The van der Waals surface area contributed by atoms with Crippen molar-refractivity contribution in [2.75, 3.05) is 32.7 Å². The molecule has 0 radical (unpaired) electrons. The van der Waals surface area contributed by atoms with Gasteiger partial charge in [0.2, 0.25) is 0 Å². The van der Waals surface area contributed by atoms with Gasteiger partial charge in [0.1, 0.15) is 5.82 Å². The van der Waals surface area contributed by atoms with Crippen LogP contribution in [0.3, 0.4) is 0 Å². The molecule has 1 rings (SSSR count). The zero-order valence-corrected chi connectivity index (χ0v) is 16.8. The van der Waals surface area contributed by atoms with Gasteiger partial charge in [0.25, 0.3) is 0 Å². The average molecular weight is 436 g/mol. The maximum Gasteiger partial charge on any atom is 0.191 e. The lowest BCUT2D eigenvalue weighted by molar-refractivity contribution is 0.300. The Bertz CT molecular complexity index is 433. The van der Waals surface area contributed by atoms with E-state index in [2.05, 4.69) is 34.4 Å². The Morgan fingerprint density at radius 1 is 1.09 bits per heavy atom. The lowest BCUT2D eigenvalue weighted by Gasteiger charge is -2.18. The first kappa shape index (κ1) is 22.1. The Labute approximate surface area is 157 Å². The number of guanidine groups is 1. The van der Waals surface area contributed by atoms with Crippen LogP contribution in [0.1, 0.15) is 32.8 Å². The summed E-state index contributed by atoms with van der Waals surface area (Å²) in [6.45, 7) is 12.0. The Hall–Kier alpha value is -0.890. The molecule has 0 aromatic heterocycles. The fourth-order valence-electron chi connectivity index (χ4n) is 2.15. The number of rotatable bonds is 9. The highest BCUT2D eigenvalue weighted by Crippen LogP contribution is 2.03. The van der Waals surface area contributed by atoms with Crippen molar-refractivity contribution < 1.29 is 4.39 Å². The second kappa shape index (κ2) is 13.5. The number of nitrogens with one attached hydrogen (secondary N) is 2. The molecule has 0 aliphatic carbocycles. The maximum absolute atomic E-state index is 12.9. The number of nitrogens with zero attached hydrogens (tertiary/aromatic N) is 2. The fraction of sp³-hybridized carbons (Fsp3) is 0.588. The molecule has 0 aliphatic heterocycles. The number of hydrogen-bond acceptors (Lipinski definition) is 2. The summed E-state index contributed by atoms with van der Waals surface area (Å²) in [4.78, 5) is 6.94. The van der Waals surface area contributed by atoms with E-state index in [-0.39, 0.29) is 29.8 Å². The minimum Gasteiger partial charge on any atom is -0.357 e. The highest BCUT2D eigenvalue weighted by Gasteiger charge is 2.00. The van der Waals surface area contributed by atoms with Gasteiger partial charge in [-0.15, -0.1) is 24.0 Å². The van der Waals surface area contributed by atoms with Crippen molar-refractivity contribution in [1.29, 1.82) is 0 Å². The molecular formula is C17H30FIN4. The summed E-state index contributed by atoms with van der Waals surface area (Å²) in [6.07, 6.45) is 1.09. The van der Waals surface area contributed by atoms with Crippen molar-refractivity contribution in [2.45, 2.75) is 33.7 Å². The molecule has 0 unspecified atom stereocenters. The summed E-state index contributed by atoms with van der Waals surface area (Å²) < 4.78 is 12.9. The molecular weight excluding hydrogens is 406 g/mol. The monoisotopic (exact) mass is 436 g/mol. The molecule has 0 fully saturated rings. The fourth-order valence-corrected chi connectivity index (χ4v) is 2.15. The third-order valence-corrected chi connectivity index (χ3v) is 3.52. The first-order valence-electron chi connectivity index (χ1n) is 8.18. The van der Waals surface area contributed by atoms with Crippen LogP contribution in [0.25, 0.3) is 0 Å². The van der Waals surface area contributed by atoms with Crippen molar-refractivity contribution in [3.05, 3.63) is 35.6 Å². The minimum atomic E-state index is -0.214. The summed E-state index contributed by atoms with van der Waals surface area (Å²) >= 11 is 0. The SMILES string of the molecule is CCNC(=NCc1ccc(F)cc1)NCCCN(CC)CC.I. The second-order valence-corrected chi connectivity index (χ2v) is 5.13. The molecule has 1 aromatic rings. The number of hydrogen-bond donors (Lipinski definition) is 2. The zero-order chi connectivity index (χ0) is 16.2. The van der Waals surface area contributed by atoms with Crippen molar-refractivity contribution in [2.24, 2.45) is 4.99 Å². The molecule has 23 heavy (non-hydrogen) atoms. The number of halogens is 2. The molecule has 6 heteroatoms. The van der Waals surface area contributed by atoms with Crippen LogP contribution < -0.4 is 10.6 Å². The van der Waals surface area contributed by atoms with Crippen molar-refractivity contribution >= 4 is 29.9 Å². The number of benzene rings is 1. The molecule has 0 saturated carbocycles. The van der Waals surface area contributed by atoms with Gasteiger partial charge in [-0.3, -0.25) is 0 Å². The Kier molecular flexibility index (Phi) is 13.0. The predicted octanol–water partition coefficient (Wildman–Crippen LogP) is 3.23. The molecule has 1 aromatic carbocycles. The lowest BCUT2D eigenvalue weighted by Crippen LogP contribution is -2.38. The predicted molar refractivity (Wildman–Crippen MR) is 107 cm³/mol. The first-order valence-corrected chi connectivity index (χ1v) is 8.18. The van der Waals surface area contributed by atoms with Crippen LogP contribution in [-0.4, -0.2) is 43.6 Å². The molecule has 0 aliphatic rings. The van der Waals surface area contributed by atoms with E-state index in [1.807, 2.05) is 6.92 Å². The van der Waals surface area contributed by atoms with Crippen LogP contribution in [-0.2, 0) is 6.54 Å². The molecule has 0 amide bonds. The van der Waals surface area contributed by atoms with Gasteiger partial charge < -0.3 is 15.5 Å². The van der Waals surface area contributed by atoms with Crippen LogP contribution in [0, 0.1) is 5.82 Å². The standard InChI is InChI=1S/C17H29FN4.HI/c1-4-19-17(20-12-7-13-22(5-2)6-3)21-14-15-8-10-16(18)11-9-15;/h8-11H,4-7,12-14H2,1-3H3,(H2,19,20,21);1H. The number of aliphatic imine (C=N–C) groups is 1. The first-order chi connectivity index (χ1) is 10.7. The van der Waals surface area contributed by atoms with Gasteiger partial charge in [-0.25, -0.2) is 9.38 Å². The van der Waals surface area contributed by atoms with Crippen LogP contribution in [0.2, 0.25) is 0 Å². The summed E-state index contributed by atoms with van der Waals surface area (Å²) in [7, 11) is 0. The second-order valence-electron chi connectivity index (χ2n) is 5.13. The Morgan fingerprint density at radius 3 is 2.30 bits per heavy atom. The molecule has 4 nitrogen and oxygen atoms in total. The van der Waals surface area contributed by atoms with Crippen LogP contribution in [0.15, 0.2) is 29.3 Å². The molecule has 132 valence electrons. The quantitative estimate of drug-likeness (QED) is 0.270. The van der Waals surface area contributed by atoms with Crippen molar-refractivity contribution in [3.8, 4) is 0 Å². The third kappa shape index (κ3) is 9.76. The summed E-state index contributed by atoms with van der Waals surface area (Å²) in [5, 5.41) is 6.58. The topological polar surface area (TPSA) is 39.7 Å². The van der Waals surface area contributed by atoms with E-state index in [9.17, 15) is 4.39 Å². The lowest BCUT2D eigenvalue weighted by atomic mass is 10.2. The smallest absolute Gasteiger partial charge is 0.191 e.